The third-order valence-corrected chi connectivity index (χ3v) is 4.70. The molecule has 0 saturated carbocycles. The molecule has 0 fully saturated rings. The van der Waals surface area contributed by atoms with Crippen LogP contribution in [-0.2, 0) is 18.0 Å². The van der Waals surface area contributed by atoms with Crippen molar-refractivity contribution >= 4 is 22.2 Å². The summed E-state index contributed by atoms with van der Waals surface area (Å²) in [7, 11) is 1.16. The van der Waals surface area contributed by atoms with Crippen molar-refractivity contribution in [3.05, 3.63) is 27.9 Å². The molecule has 0 radical (unpaired) electrons. The zero-order chi connectivity index (χ0) is 17.4. The molecule has 23 heavy (non-hydrogen) atoms. The van der Waals surface area contributed by atoms with Gasteiger partial charge in [0.25, 0.3) is 5.91 Å². The van der Waals surface area contributed by atoms with Crippen LogP contribution in [0, 0.1) is 20.8 Å². The van der Waals surface area contributed by atoms with Crippen molar-refractivity contribution in [1.29, 1.82) is 0 Å². The molecule has 0 aromatic carbocycles. The van der Waals surface area contributed by atoms with Gasteiger partial charge in [-0.25, -0.2) is 0 Å². The number of carbonyl (C=O) groups is 1. The van der Waals surface area contributed by atoms with Gasteiger partial charge in [-0.2, -0.15) is 18.3 Å². The molecule has 0 spiro atoms. The van der Waals surface area contributed by atoms with Gasteiger partial charge in [-0.3, -0.25) is 9.48 Å². The van der Waals surface area contributed by atoms with E-state index in [1.807, 2.05) is 20.8 Å². The number of nitrogens with one attached hydrogen (secondary N) is 1. The summed E-state index contributed by atoms with van der Waals surface area (Å²) in [5.74, 6) is -0.989. The first kappa shape index (κ1) is 17.3. The topological polar surface area (TPSA) is 56.1 Å². The van der Waals surface area contributed by atoms with E-state index < -0.39 is 30.1 Å². The molecular weight excluding hydrogens is 331 g/mol. The van der Waals surface area contributed by atoms with E-state index in [0.717, 1.165) is 29.2 Å². The largest absolute Gasteiger partial charge is 0.480 e. The second-order valence-corrected chi connectivity index (χ2v) is 6.28. The van der Waals surface area contributed by atoms with Crippen molar-refractivity contribution in [1.82, 2.24) is 9.78 Å². The van der Waals surface area contributed by atoms with Crippen molar-refractivity contribution < 1.29 is 22.7 Å². The molecule has 0 aliphatic heterocycles. The quantitative estimate of drug-likeness (QED) is 0.922. The number of anilines is 1. The second-order valence-electron chi connectivity index (χ2n) is 5.05. The Balaban J connectivity index is 2.04. The van der Waals surface area contributed by atoms with Crippen molar-refractivity contribution in [2.75, 3.05) is 11.9 Å². The first-order valence-corrected chi connectivity index (χ1v) is 7.51. The smallest absolute Gasteiger partial charge is 0.436 e. The van der Waals surface area contributed by atoms with Crippen molar-refractivity contribution in [3.63, 3.8) is 0 Å². The average Bonchev–Trinajstić information content (AvgIpc) is 2.92. The van der Waals surface area contributed by atoms with Crippen LogP contribution in [0.3, 0.4) is 0 Å². The van der Waals surface area contributed by atoms with E-state index in [1.165, 1.54) is 11.3 Å². The second kappa shape index (κ2) is 6.23. The molecule has 0 aliphatic rings. The number of nitrogens with zero attached hydrogens (tertiary/aromatic N) is 2. The molecule has 9 heteroatoms. The average molecular weight is 347 g/mol. The Morgan fingerprint density at radius 1 is 1.35 bits per heavy atom. The Hall–Kier alpha value is -2.03. The number of amides is 1. The van der Waals surface area contributed by atoms with Gasteiger partial charge >= 0.3 is 6.18 Å². The van der Waals surface area contributed by atoms with Gasteiger partial charge < -0.3 is 10.1 Å². The summed E-state index contributed by atoms with van der Waals surface area (Å²) in [5, 5.41) is 6.85. The Morgan fingerprint density at radius 3 is 2.52 bits per heavy atom. The summed E-state index contributed by atoms with van der Waals surface area (Å²) < 4.78 is 44.3. The van der Waals surface area contributed by atoms with Crippen molar-refractivity contribution in [2.45, 2.75) is 26.9 Å². The van der Waals surface area contributed by atoms with Crippen LogP contribution in [-0.4, -0.2) is 22.3 Å². The molecule has 0 aliphatic carbocycles. The molecule has 1 N–H and O–H groups in total. The number of halogens is 3. The molecule has 126 valence electrons. The summed E-state index contributed by atoms with van der Waals surface area (Å²) in [4.78, 5) is 13.0. The molecule has 2 aromatic heterocycles. The molecule has 0 atom stereocenters. The van der Waals surface area contributed by atoms with Crippen LogP contribution < -0.4 is 10.1 Å². The van der Waals surface area contributed by atoms with E-state index in [9.17, 15) is 18.0 Å². The summed E-state index contributed by atoms with van der Waals surface area (Å²) in [6.45, 7) is 5.23. The van der Waals surface area contributed by atoms with Crippen LogP contribution in [0.2, 0.25) is 0 Å². The van der Waals surface area contributed by atoms with E-state index in [2.05, 4.69) is 10.4 Å². The van der Waals surface area contributed by atoms with Gasteiger partial charge in [-0.1, -0.05) is 0 Å². The first-order valence-electron chi connectivity index (χ1n) is 6.69. The number of hydrogen-bond donors (Lipinski definition) is 1. The van der Waals surface area contributed by atoms with Gasteiger partial charge in [0.15, 0.2) is 18.1 Å². The predicted molar refractivity (Wildman–Crippen MR) is 80.9 cm³/mol. The fourth-order valence-corrected chi connectivity index (χ4v) is 3.10. The predicted octanol–water partition coefficient (Wildman–Crippen LogP) is 3.44. The highest BCUT2D eigenvalue weighted by Crippen LogP contribution is 2.35. The third-order valence-electron chi connectivity index (χ3n) is 3.47. The highest BCUT2D eigenvalue weighted by Gasteiger charge is 2.38. The fourth-order valence-electron chi connectivity index (χ4n) is 2.01. The third kappa shape index (κ3) is 3.66. The summed E-state index contributed by atoms with van der Waals surface area (Å²) in [5.41, 5.74) is 1.00. The number of rotatable bonds is 4. The van der Waals surface area contributed by atoms with Crippen LogP contribution in [0.1, 0.15) is 21.7 Å². The van der Waals surface area contributed by atoms with Gasteiger partial charge in [0.05, 0.1) is 11.2 Å². The fraction of sp³-hybridized carbons (Fsp3) is 0.429. The van der Waals surface area contributed by atoms with Gasteiger partial charge in [-0.05, 0) is 31.9 Å². The SMILES string of the molecule is Cc1sc(NC(=O)COc2cnn(C)c2C(F)(F)F)c(C)c1C. The number of hydrogen-bond acceptors (Lipinski definition) is 4. The Bertz CT molecular complexity index is 734. The molecular formula is C14H16F3N3O2S. The minimum absolute atomic E-state index is 0.467. The van der Waals surface area contributed by atoms with Gasteiger partial charge in [0, 0.05) is 11.9 Å². The van der Waals surface area contributed by atoms with Crippen LogP contribution >= 0.6 is 11.3 Å². The minimum Gasteiger partial charge on any atom is -0.480 e. The van der Waals surface area contributed by atoms with Gasteiger partial charge in [0.1, 0.15) is 0 Å². The van der Waals surface area contributed by atoms with Crippen molar-refractivity contribution in [3.8, 4) is 5.75 Å². The molecule has 0 unspecified atom stereocenters. The normalized spacial score (nSPS) is 11.6. The number of ether oxygens (including phenoxy) is 1. The number of thiophene rings is 1. The summed E-state index contributed by atoms with van der Waals surface area (Å²) in [6.07, 6.45) is -3.66. The molecule has 5 nitrogen and oxygen atoms in total. The molecule has 2 heterocycles. The van der Waals surface area contributed by atoms with Crippen LogP contribution in [0.4, 0.5) is 18.2 Å². The first-order chi connectivity index (χ1) is 10.6. The molecule has 2 rings (SSSR count). The zero-order valence-corrected chi connectivity index (χ0v) is 13.9. The molecule has 1 amide bonds. The minimum atomic E-state index is -4.60. The van der Waals surface area contributed by atoms with Crippen LogP contribution in [0.5, 0.6) is 5.75 Å². The lowest BCUT2D eigenvalue weighted by molar-refractivity contribution is -0.145. The standard InChI is InChI=1S/C14H16F3N3O2S/c1-7-8(2)13(23-9(7)3)19-11(21)6-22-10-5-18-20(4)12(10)14(15,16)17/h5H,6H2,1-4H3,(H,19,21). The van der Waals surface area contributed by atoms with E-state index in [4.69, 9.17) is 4.74 Å². The molecule has 0 bridgehead atoms. The van der Waals surface area contributed by atoms with Crippen LogP contribution in [0.25, 0.3) is 0 Å². The maximum atomic E-state index is 12.9. The van der Waals surface area contributed by atoms with E-state index >= 15 is 0 Å². The van der Waals surface area contributed by atoms with Gasteiger partial charge in [0.2, 0.25) is 0 Å². The van der Waals surface area contributed by atoms with E-state index in [0.29, 0.717) is 9.68 Å². The lowest BCUT2D eigenvalue weighted by Crippen LogP contribution is -2.21. The Labute approximate surface area is 135 Å². The monoisotopic (exact) mass is 347 g/mol. The highest BCUT2D eigenvalue weighted by atomic mass is 32.1. The van der Waals surface area contributed by atoms with E-state index in [1.54, 1.807) is 0 Å². The Kier molecular flexibility index (Phi) is 4.69. The number of alkyl halides is 3. The summed E-state index contributed by atoms with van der Waals surface area (Å²) >= 11 is 1.42. The number of aromatic nitrogens is 2. The van der Waals surface area contributed by atoms with Crippen LogP contribution in [0.15, 0.2) is 6.20 Å². The number of carbonyl (C=O) groups excluding carboxylic acids is 1. The maximum absolute atomic E-state index is 12.9. The molecule has 0 saturated heterocycles. The molecule has 2 aromatic rings. The maximum Gasteiger partial charge on any atom is 0.436 e. The van der Waals surface area contributed by atoms with Crippen molar-refractivity contribution in [2.24, 2.45) is 7.05 Å². The highest BCUT2D eigenvalue weighted by molar-refractivity contribution is 7.16. The lowest BCUT2D eigenvalue weighted by Gasteiger charge is -2.11. The zero-order valence-electron chi connectivity index (χ0n) is 13.0. The Morgan fingerprint density at radius 2 is 2.00 bits per heavy atom. The lowest BCUT2D eigenvalue weighted by atomic mass is 10.2. The summed E-state index contributed by atoms with van der Waals surface area (Å²) in [6, 6.07) is 0. The number of aryl methyl sites for hydroxylation is 2. The van der Waals surface area contributed by atoms with Gasteiger partial charge in [-0.15, -0.1) is 11.3 Å². The van der Waals surface area contributed by atoms with E-state index in [-0.39, 0.29) is 0 Å².